The fourth-order valence-corrected chi connectivity index (χ4v) is 4.53. The summed E-state index contributed by atoms with van der Waals surface area (Å²) in [5.74, 6) is 0.572. The van der Waals surface area contributed by atoms with E-state index in [4.69, 9.17) is 4.74 Å². The SMILES string of the molecule is CCn1nc(C)cc1C(=O)N1CC(=O)N(CCCN2CCCC2=O)CC(OCC2CC2)C1. The summed E-state index contributed by atoms with van der Waals surface area (Å²) in [4.78, 5) is 43.6. The maximum Gasteiger partial charge on any atom is 0.272 e. The predicted octanol–water partition coefficient (Wildman–Crippen LogP) is 1.30. The van der Waals surface area contributed by atoms with Gasteiger partial charge in [0.05, 0.1) is 11.8 Å². The highest BCUT2D eigenvalue weighted by atomic mass is 16.5. The Labute approximate surface area is 189 Å². The predicted molar refractivity (Wildman–Crippen MR) is 118 cm³/mol. The van der Waals surface area contributed by atoms with Crippen molar-refractivity contribution in [1.82, 2.24) is 24.5 Å². The van der Waals surface area contributed by atoms with Crippen LogP contribution in [0.15, 0.2) is 6.07 Å². The maximum atomic E-state index is 13.3. The number of likely N-dealkylation sites (tertiary alicyclic amines) is 1. The van der Waals surface area contributed by atoms with E-state index in [1.807, 2.05) is 23.6 Å². The molecule has 0 bridgehead atoms. The van der Waals surface area contributed by atoms with Gasteiger partial charge in [-0.2, -0.15) is 5.10 Å². The number of hydrogen-bond donors (Lipinski definition) is 0. The summed E-state index contributed by atoms with van der Waals surface area (Å²) in [7, 11) is 0. The van der Waals surface area contributed by atoms with Gasteiger partial charge in [-0.3, -0.25) is 19.1 Å². The molecule has 176 valence electrons. The Kier molecular flexibility index (Phi) is 7.13. The van der Waals surface area contributed by atoms with Crippen LogP contribution in [-0.2, 0) is 20.9 Å². The summed E-state index contributed by atoms with van der Waals surface area (Å²) in [6.45, 7) is 8.07. The van der Waals surface area contributed by atoms with Crippen LogP contribution < -0.4 is 0 Å². The molecule has 0 N–H and O–H groups in total. The lowest BCUT2D eigenvalue weighted by molar-refractivity contribution is -0.131. The van der Waals surface area contributed by atoms with Gasteiger partial charge >= 0.3 is 0 Å². The van der Waals surface area contributed by atoms with Crippen molar-refractivity contribution in [3.8, 4) is 0 Å². The van der Waals surface area contributed by atoms with Crippen molar-refractivity contribution in [3.63, 3.8) is 0 Å². The Morgan fingerprint density at radius 1 is 1.16 bits per heavy atom. The molecule has 1 atom stereocenters. The van der Waals surface area contributed by atoms with Gasteiger partial charge in [0, 0.05) is 52.3 Å². The van der Waals surface area contributed by atoms with Gasteiger partial charge in [-0.25, -0.2) is 0 Å². The molecular weight excluding hydrogens is 410 g/mol. The van der Waals surface area contributed by atoms with Crippen LogP contribution in [0.4, 0.5) is 0 Å². The van der Waals surface area contributed by atoms with Crippen LogP contribution in [-0.4, -0.2) is 94.2 Å². The van der Waals surface area contributed by atoms with E-state index in [1.54, 1.807) is 15.6 Å². The molecule has 1 unspecified atom stereocenters. The largest absolute Gasteiger partial charge is 0.374 e. The van der Waals surface area contributed by atoms with E-state index in [2.05, 4.69) is 5.10 Å². The smallest absolute Gasteiger partial charge is 0.272 e. The molecule has 9 heteroatoms. The fraction of sp³-hybridized carbons (Fsp3) is 0.739. The van der Waals surface area contributed by atoms with E-state index >= 15 is 0 Å². The minimum atomic E-state index is -0.210. The Hall–Kier alpha value is -2.42. The van der Waals surface area contributed by atoms with Crippen molar-refractivity contribution in [2.75, 3.05) is 45.9 Å². The van der Waals surface area contributed by atoms with Crippen LogP contribution in [0.5, 0.6) is 0 Å². The second-order valence-electron chi connectivity index (χ2n) is 9.25. The quantitative estimate of drug-likeness (QED) is 0.572. The number of aryl methyl sites for hydroxylation is 2. The van der Waals surface area contributed by atoms with E-state index in [1.165, 1.54) is 12.8 Å². The standard InChI is InChI=1S/C23H35N5O4/c1-3-28-20(12-17(2)24-28)23(31)27-14-19(32-16-18-7-8-18)13-26(22(30)15-27)11-5-10-25-9-4-6-21(25)29/h12,18-19H,3-11,13-16H2,1-2H3. The summed E-state index contributed by atoms with van der Waals surface area (Å²) < 4.78 is 7.86. The Bertz CT molecular complexity index is 849. The van der Waals surface area contributed by atoms with Crippen LogP contribution in [0.3, 0.4) is 0 Å². The molecule has 4 rings (SSSR count). The number of nitrogens with zero attached hydrogens (tertiary/aromatic N) is 5. The van der Waals surface area contributed by atoms with Gasteiger partial charge in [0.25, 0.3) is 5.91 Å². The molecule has 2 aliphatic heterocycles. The molecule has 1 aromatic heterocycles. The van der Waals surface area contributed by atoms with E-state index < -0.39 is 0 Å². The third-order valence-corrected chi connectivity index (χ3v) is 6.53. The number of aromatic nitrogens is 2. The highest BCUT2D eigenvalue weighted by Gasteiger charge is 2.33. The summed E-state index contributed by atoms with van der Waals surface area (Å²) in [5, 5.41) is 4.38. The molecule has 9 nitrogen and oxygen atoms in total. The van der Waals surface area contributed by atoms with Gasteiger partial charge in [0.2, 0.25) is 11.8 Å². The Morgan fingerprint density at radius 3 is 2.62 bits per heavy atom. The minimum absolute atomic E-state index is 0.0404. The lowest BCUT2D eigenvalue weighted by atomic mass is 10.2. The average molecular weight is 446 g/mol. The first-order valence-corrected chi connectivity index (χ1v) is 12.0. The second-order valence-corrected chi connectivity index (χ2v) is 9.25. The maximum absolute atomic E-state index is 13.3. The number of carbonyl (C=O) groups is 3. The van der Waals surface area contributed by atoms with Crippen molar-refractivity contribution in [1.29, 1.82) is 0 Å². The van der Waals surface area contributed by atoms with Crippen LogP contribution in [0.1, 0.15) is 55.2 Å². The first-order chi connectivity index (χ1) is 15.4. The summed E-state index contributed by atoms with van der Waals surface area (Å²) in [6.07, 6.45) is 4.46. The second kappa shape index (κ2) is 10.0. The van der Waals surface area contributed by atoms with E-state index in [-0.39, 0.29) is 30.4 Å². The molecule has 1 saturated carbocycles. The first-order valence-electron chi connectivity index (χ1n) is 12.0. The summed E-state index contributed by atoms with van der Waals surface area (Å²) in [6, 6.07) is 1.78. The van der Waals surface area contributed by atoms with Crippen LogP contribution in [0.25, 0.3) is 0 Å². The summed E-state index contributed by atoms with van der Waals surface area (Å²) >= 11 is 0. The molecule has 1 aliphatic carbocycles. The van der Waals surface area contributed by atoms with Gasteiger partial charge in [-0.1, -0.05) is 0 Å². The third-order valence-electron chi connectivity index (χ3n) is 6.53. The van der Waals surface area contributed by atoms with Crippen LogP contribution in [0, 0.1) is 12.8 Å². The van der Waals surface area contributed by atoms with Gasteiger partial charge in [-0.05, 0) is 51.5 Å². The van der Waals surface area contributed by atoms with Gasteiger partial charge in [0.1, 0.15) is 12.2 Å². The fourth-order valence-electron chi connectivity index (χ4n) is 4.53. The zero-order valence-corrected chi connectivity index (χ0v) is 19.3. The number of carbonyl (C=O) groups excluding carboxylic acids is 3. The van der Waals surface area contributed by atoms with Crippen LogP contribution >= 0.6 is 0 Å². The van der Waals surface area contributed by atoms with Gasteiger partial charge in [-0.15, -0.1) is 0 Å². The Morgan fingerprint density at radius 2 is 1.94 bits per heavy atom. The molecule has 2 saturated heterocycles. The molecule has 3 aliphatic rings. The van der Waals surface area contributed by atoms with Crippen molar-refractivity contribution in [2.24, 2.45) is 5.92 Å². The third kappa shape index (κ3) is 5.49. The molecule has 3 heterocycles. The van der Waals surface area contributed by atoms with Crippen molar-refractivity contribution >= 4 is 17.7 Å². The first kappa shape index (κ1) is 22.8. The zero-order chi connectivity index (χ0) is 22.7. The molecule has 0 spiro atoms. The van der Waals surface area contributed by atoms with E-state index in [0.717, 1.165) is 25.1 Å². The summed E-state index contributed by atoms with van der Waals surface area (Å²) in [5.41, 5.74) is 1.30. The van der Waals surface area contributed by atoms with Crippen molar-refractivity contribution < 1.29 is 19.1 Å². The molecule has 1 aromatic rings. The molecule has 0 radical (unpaired) electrons. The number of ether oxygens (including phenoxy) is 1. The lowest BCUT2D eigenvalue weighted by Gasteiger charge is -2.25. The van der Waals surface area contributed by atoms with E-state index in [0.29, 0.717) is 57.4 Å². The monoisotopic (exact) mass is 445 g/mol. The minimum Gasteiger partial charge on any atom is -0.374 e. The molecular formula is C23H35N5O4. The van der Waals surface area contributed by atoms with Crippen molar-refractivity contribution in [3.05, 3.63) is 17.5 Å². The topological polar surface area (TPSA) is 88.0 Å². The highest BCUT2D eigenvalue weighted by molar-refractivity contribution is 5.95. The average Bonchev–Trinajstić information content (AvgIpc) is 3.44. The molecule has 0 aromatic carbocycles. The van der Waals surface area contributed by atoms with Crippen LogP contribution in [0.2, 0.25) is 0 Å². The Balaban J connectivity index is 1.42. The normalized spacial score (nSPS) is 22.1. The van der Waals surface area contributed by atoms with Gasteiger partial charge in [0.15, 0.2) is 0 Å². The molecule has 3 fully saturated rings. The zero-order valence-electron chi connectivity index (χ0n) is 19.3. The highest BCUT2D eigenvalue weighted by Crippen LogP contribution is 2.29. The number of rotatable bonds is 9. The molecule has 3 amide bonds. The van der Waals surface area contributed by atoms with Crippen molar-refractivity contribution in [2.45, 2.75) is 58.6 Å². The number of amides is 3. The number of hydrogen-bond acceptors (Lipinski definition) is 5. The lowest BCUT2D eigenvalue weighted by Crippen LogP contribution is -2.41. The molecule has 32 heavy (non-hydrogen) atoms. The van der Waals surface area contributed by atoms with E-state index in [9.17, 15) is 14.4 Å². The van der Waals surface area contributed by atoms with Gasteiger partial charge < -0.3 is 19.4 Å².